The number of hydrogen-bond donors (Lipinski definition) is 0. The van der Waals surface area contributed by atoms with Crippen LogP contribution >= 0.6 is 15.9 Å². The Bertz CT molecular complexity index is 578. The van der Waals surface area contributed by atoms with E-state index in [-0.39, 0.29) is 5.91 Å². The summed E-state index contributed by atoms with van der Waals surface area (Å²) in [7, 11) is 0. The summed E-state index contributed by atoms with van der Waals surface area (Å²) in [5.74, 6) is 0.251. The summed E-state index contributed by atoms with van der Waals surface area (Å²) in [5, 5.41) is 1.12. The fourth-order valence-electron chi connectivity index (χ4n) is 2.38. The quantitative estimate of drug-likeness (QED) is 0.817. The molecule has 0 aliphatic carbocycles. The number of halogens is 1. The summed E-state index contributed by atoms with van der Waals surface area (Å²) >= 11 is 3.50. The second-order valence-corrected chi connectivity index (χ2v) is 5.98. The Kier molecular flexibility index (Phi) is 3.12. The van der Waals surface area contributed by atoms with Crippen molar-refractivity contribution in [1.29, 1.82) is 0 Å². The first-order chi connectivity index (χ1) is 8.72. The number of nitrogens with zero attached hydrogens (tertiary/aromatic N) is 1. The fourth-order valence-corrected chi connectivity index (χ4v) is 3.00. The van der Waals surface area contributed by atoms with Gasteiger partial charge in [0.1, 0.15) is 5.58 Å². The Morgan fingerprint density at radius 2 is 2.28 bits per heavy atom. The van der Waals surface area contributed by atoms with E-state index in [1.807, 2.05) is 17.0 Å². The van der Waals surface area contributed by atoms with E-state index in [1.54, 1.807) is 6.26 Å². The molecule has 1 aliphatic heterocycles. The number of amides is 1. The van der Waals surface area contributed by atoms with E-state index in [1.165, 1.54) is 5.56 Å². The third kappa shape index (κ3) is 2.29. The van der Waals surface area contributed by atoms with Gasteiger partial charge in [0.05, 0.1) is 6.26 Å². The highest BCUT2D eigenvalue weighted by Gasteiger charge is 2.26. The SMILES string of the molecule is O=C1CC(Br)CN1CCc1ccc2occc2c1. The smallest absolute Gasteiger partial charge is 0.223 e. The molecule has 1 aliphatic rings. The minimum absolute atomic E-state index is 0.251. The Hall–Kier alpha value is -1.29. The summed E-state index contributed by atoms with van der Waals surface area (Å²) < 4.78 is 5.31. The molecule has 3 rings (SSSR count). The Morgan fingerprint density at radius 1 is 1.39 bits per heavy atom. The van der Waals surface area contributed by atoms with Crippen molar-refractivity contribution in [3.63, 3.8) is 0 Å². The lowest BCUT2D eigenvalue weighted by Crippen LogP contribution is -2.27. The van der Waals surface area contributed by atoms with Gasteiger partial charge < -0.3 is 9.32 Å². The van der Waals surface area contributed by atoms with Crippen molar-refractivity contribution in [1.82, 2.24) is 4.90 Å². The van der Waals surface area contributed by atoms with Gasteiger partial charge in [0.2, 0.25) is 5.91 Å². The molecule has 1 saturated heterocycles. The Labute approximate surface area is 114 Å². The van der Waals surface area contributed by atoms with Gasteiger partial charge in [0.25, 0.3) is 0 Å². The van der Waals surface area contributed by atoms with Crippen molar-refractivity contribution < 1.29 is 9.21 Å². The standard InChI is InChI=1S/C14H14BrNO2/c15-12-8-14(17)16(9-12)5-3-10-1-2-13-11(7-10)4-6-18-13/h1-2,4,6-7,12H,3,5,8-9H2. The number of likely N-dealkylation sites (tertiary alicyclic amines) is 1. The van der Waals surface area contributed by atoms with Crippen molar-refractivity contribution in [2.24, 2.45) is 0 Å². The maximum atomic E-state index is 11.7. The average Bonchev–Trinajstić information content (AvgIpc) is 2.92. The molecule has 2 aromatic rings. The van der Waals surface area contributed by atoms with Crippen LogP contribution in [-0.4, -0.2) is 28.7 Å². The fraction of sp³-hybridized carbons (Fsp3) is 0.357. The van der Waals surface area contributed by atoms with Crippen LogP contribution in [0.3, 0.4) is 0 Å². The Balaban J connectivity index is 1.67. The number of carbonyl (C=O) groups is 1. The zero-order valence-corrected chi connectivity index (χ0v) is 11.5. The topological polar surface area (TPSA) is 33.5 Å². The molecule has 1 aromatic heterocycles. The molecule has 3 nitrogen and oxygen atoms in total. The summed E-state index contributed by atoms with van der Waals surface area (Å²) in [4.78, 5) is 13.9. The van der Waals surface area contributed by atoms with Crippen molar-refractivity contribution in [2.45, 2.75) is 17.7 Å². The van der Waals surface area contributed by atoms with Gasteiger partial charge in [0.15, 0.2) is 0 Å². The van der Waals surface area contributed by atoms with Crippen molar-refractivity contribution in [2.75, 3.05) is 13.1 Å². The maximum Gasteiger partial charge on any atom is 0.223 e. The molecular formula is C14H14BrNO2. The molecule has 0 radical (unpaired) electrons. The Morgan fingerprint density at radius 3 is 3.06 bits per heavy atom. The lowest BCUT2D eigenvalue weighted by atomic mass is 10.1. The van der Waals surface area contributed by atoms with Gasteiger partial charge in [0, 0.05) is 29.7 Å². The van der Waals surface area contributed by atoms with Gasteiger partial charge in [-0.05, 0) is 30.2 Å². The van der Waals surface area contributed by atoms with Crippen LogP contribution in [0.2, 0.25) is 0 Å². The summed E-state index contributed by atoms with van der Waals surface area (Å²) in [6, 6.07) is 8.15. The second-order valence-electron chi connectivity index (χ2n) is 4.68. The number of fused-ring (bicyclic) bond motifs is 1. The predicted octanol–water partition coefficient (Wildman–Crippen LogP) is 2.97. The van der Waals surface area contributed by atoms with E-state index in [9.17, 15) is 4.79 Å². The lowest BCUT2D eigenvalue weighted by molar-refractivity contribution is -0.127. The second kappa shape index (κ2) is 4.76. The lowest BCUT2D eigenvalue weighted by Gasteiger charge is -2.15. The number of alkyl halides is 1. The molecule has 2 heterocycles. The van der Waals surface area contributed by atoms with Crippen LogP contribution in [0, 0.1) is 0 Å². The number of furan rings is 1. The van der Waals surface area contributed by atoms with Crippen LogP contribution in [0.5, 0.6) is 0 Å². The summed E-state index contributed by atoms with van der Waals surface area (Å²) in [6.45, 7) is 1.62. The number of rotatable bonds is 3. The molecule has 94 valence electrons. The van der Waals surface area contributed by atoms with Gasteiger partial charge in [-0.15, -0.1) is 0 Å². The highest BCUT2D eigenvalue weighted by Crippen LogP contribution is 2.20. The predicted molar refractivity (Wildman–Crippen MR) is 73.8 cm³/mol. The third-order valence-electron chi connectivity index (χ3n) is 3.35. The minimum atomic E-state index is 0.251. The van der Waals surface area contributed by atoms with Crippen molar-refractivity contribution in [3.05, 3.63) is 36.1 Å². The summed E-state index contributed by atoms with van der Waals surface area (Å²) in [6.07, 6.45) is 3.22. The van der Waals surface area contributed by atoms with Crippen molar-refractivity contribution in [3.8, 4) is 0 Å². The highest BCUT2D eigenvalue weighted by molar-refractivity contribution is 9.09. The first-order valence-electron chi connectivity index (χ1n) is 6.10. The van der Waals surface area contributed by atoms with Gasteiger partial charge >= 0.3 is 0 Å². The van der Waals surface area contributed by atoms with E-state index < -0.39 is 0 Å². The maximum absolute atomic E-state index is 11.7. The molecule has 0 saturated carbocycles. The van der Waals surface area contributed by atoms with Crippen LogP contribution in [0.25, 0.3) is 11.0 Å². The molecule has 1 fully saturated rings. The van der Waals surface area contributed by atoms with E-state index in [2.05, 4.69) is 28.1 Å². The minimum Gasteiger partial charge on any atom is -0.464 e. The first-order valence-corrected chi connectivity index (χ1v) is 7.02. The average molecular weight is 308 g/mol. The van der Waals surface area contributed by atoms with Crippen LogP contribution in [0.15, 0.2) is 34.9 Å². The van der Waals surface area contributed by atoms with E-state index in [0.717, 1.165) is 30.5 Å². The molecule has 0 spiro atoms. The van der Waals surface area contributed by atoms with Gasteiger partial charge in [-0.3, -0.25) is 4.79 Å². The number of hydrogen-bond acceptors (Lipinski definition) is 2. The normalized spacial score (nSPS) is 19.9. The van der Waals surface area contributed by atoms with Gasteiger partial charge in [-0.1, -0.05) is 22.0 Å². The molecule has 0 bridgehead atoms. The molecular weight excluding hydrogens is 294 g/mol. The van der Waals surface area contributed by atoms with Crippen LogP contribution in [0.4, 0.5) is 0 Å². The number of carbonyl (C=O) groups excluding carboxylic acids is 1. The van der Waals surface area contributed by atoms with Gasteiger partial charge in [-0.2, -0.15) is 0 Å². The molecule has 1 amide bonds. The number of benzene rings is 1. The molecule has 1 unspecified atom stereocenters. The van der Waals surface area contributed by atoms with E-state index >= 15 is 0 Å². The highest BCUT2D eigenvalue weighted by atomic mass is 79.9. The molecule has 1 atom stereocenters. The zero-order chi connectivity index (χ0) is 12.5. The monoisotopic (exact) mass is 307 g/mol. The van der Waals surface area contributed by atoms with E-state index in [4.69, 9.17) is 4.42 Å². The van der Waals surface area contributed by atoms with Crippen LogP contribution in [0.1, 0.15) is 12.0 Å². The van der Waals surface area contributed by atoms with Crippen molar-refractivity contribution >= 4 is 32.8 Å². The molecule has 18 heavy (non-hydrogen) atoms. The van der Waals surface area contributed by atoms with Gasteiger partial charge in [-0.25, -0.2) is 0 Å². The van der Waals surface area contributed by atoms with Crippen LogP contribution in [-0.2, 0) is 11.2 Å². The van der Waals surface area contributed by atoms with Crippen LogP contribution < -0.4 is 0 Å². The molecule has 1 aromatic carbocycles. The zero-order valence-electron chi connectivity index (χ0n) is 9.93. The first kappa shape index (κ1) is 11.8. The summed E-state index contributed by atoms with van der Waals surface area (Å²) in [5.41, 5.74) is 2.16. The molecule has 0 N–H and O–H groups in total. The van der Waals surface area contributed by atoms with E-state index in [0.29, 0.717) is 11.2 Å². The largest absolute Gasteiger partial charge is 0.464 e. The third-order valence-corrected chi connectivity index (χ3v) is 3.97. The molecule has 4 heteroatoms.